The number of benzene rings is 1. The van der Waals surface area contributed by atoms with Crippen LogP contribution in [0.1, 0.15) is 11.1 Å². The highest BCUT2D eigenvalue weighted by Gasteiger charge is 2.17. The lowest BCUT2D eigenvalue weighted by Crippen LogP contribution is -2.21. The van der Waals surface area contributed by atoms with Gasteiger partial charge in [0.15, 0.2) is 0 Å². The van der Waals surface area contributed by atoms with E-state index in [4.69, 9.17) is 0 Å². The number of nitrogens with one attached hydrogen (secondary N) is 1. The Morgan fingerprint density at radius 1 is 1.47 bits per heavy atom. The fourth-order valence-electron chi connectivity index (χ4n) is 1.76. The van der Waals surface area contributed by atoms with Gasteiger partial charge in [0, 0.05) is 31.6 Å². The number of nitro benzene ring substituents is 1. The minimum Gasteiger partial charge on any atom is -0.310 e. The minimum atomic E-state index is -0.910. The Morgan fingerprint density at radius 3 is 3.00 bits per heavy atom. The Kier molecular flexibility index (Phi) is 2.64. The van der Waals surface area contributed by atoms with E-state index < -0.39 is 11.1 Å². The first-order valence-electron chi connectivity index (χ1n) is 4.78. The van der Waals surface area contributed by atoms with Crippen LogP contribution in [0.2, 0.25) is 0 Å². The highest BCUT2D eigenvalue weighted by molar-refractivity contribution is 5.40. The number of alkyl halides is 1. The van der Waals surface area contributed by atoms with E-state index in [1.807, 2.05) is 0 Å². The minimum absolute atomic E-state index is 0.0628. The van der Waals surface area contributed by atoms with Crippen molar-refractivity contribution in [3.05, 3.63) is 39.4 Å². The molecule has 0 bridgehead atoms. The van der Waals surface area contributed by atoms with Crippen molar-refractivity contribution < 1.29 is 9.31 Å². The highest BCUT2D eigenvalue weighted by Crippen LogP contribution is 2.21. The van der Waals surface area contributed by atoms with Crippen LogP contribution in [0.3, 0.4) is 0 Å². The van der Waals surface area contributed by atoms with Crippen LogP contribution in [-0.2, 0) is 13.0 Å². The lowest BCUT2D eigenvalue weighted by molar-refractivity contribution is -0.384. The molecule has 5 heteroatoms. The van der Waals surface area contributed by atoms with Gasteiger partial charge in [0.1, 0.15) is 6.17 Å². The van der Waals surface area contributed by atoms with Gasteiger partial charge in [0.25, 0.3) is 5.69 Å². The normalized spacial score (nSPS) is 20.5. The lowest BCUT2D eigenvalue weighted by Gasteiger charge is -2.04. The zero-order chi connectivity index (χ0) is 10.8. The number of halogens is 1. The Balaban J connectivity index is 2.35. The van der Waals surface area contributed by atoms with Crippen LogP contribution in [0, 0.1) is 10.1 Å². The van der Waals surface area contributed by atoms with Crippen molar-refractivity contribution in [2.45, 2.75) is 19.1 Å². The third kappa shape index (κ3) is 2.12. The number of nitrogens with zero attached hydrogens (tertiary/aromatic N) is 1. The van der Waals surface area contributed by atoms with Crippen LogP contribution in [0.5, 0.6) is 0 Å². The molecule has 0 amide bonds. The molecule has 0 aliphatic carbocycles. The molecule has 1 atom stereocenters. The van der Waals surface area contributed by atoms with E-state index in [2.05, 4.69) is 5.32 Å². The van der Waals surface area contributed by atoms with Gasteiger partial charge in [-0.05, 0) is 11.1 Å². The van der Waals surface area contributed by atoms with Crippen LogP contribution in [0.15, 0.2) is 18.2 Å². The summed E-state index contributed by atoms with van der Waals surface area (Å²) < 4.78 is 13.2. The zero-order valence-corrected chi connectivity index (χ0v) is 8.07. The van der Waals surface area contributed by atoms with Crippen molar-refractivity contribution >= 4 is 5.69 Å². The summed E-state index contributed by atoms with van der Waals surface area (Å²) in [5.41, 5.74) is 1.75. The van der Waals surface area contributed by atoms with Crippen molar-refractivity contribution in [1.82, 2.24) is 5.32 Å². The van der Waals surface area contributed by atoms with E-state index in [9.17, 15) is 14.5 Å². The van der Waals surface area contributed by atoms with Gasteiger partial charge in [-0.2, -0.15) is 0 Å². The molecule has 2 rings (SSSR count). The first-order chi connectivity index (χ1) is 7.16. The third-order valence-electron chi connectivity index (χ3n) is 2.52. The van der Waals surface area contributed by atoms with Crippen molar-refractivity contribution in [1.29, 1.82) is 0 Å². The molecule has 80 valence electrons. The van der Waals surface area contributed by atoms with Gasteiger partial charge in [0.05, 0.1) is 4.92 Å². The summed E-state index contributed by atoms with van der Waals surface area (Å²) in [5, 5.41) is 13.5. The molecule has 1 unspecified atom stereocenters. The van der Waals surface area contributed by atoms with E-state index >= 15 is 0 Å². The third-order valence-corrected chi connectivity index (χ3v) is 2.52. The molecule has 1 heterocycles. The van der Waals surface area contributed by atoms with Crippen LogP contribution < -0.4 is 5.32 Å². The average Bonchev–Trinajstić information content (AvgIpc) is 2.37. The van der Waals surface area contributed by atoms with Crippen LogP contribution in [0.25, 0.3) is 0 Å². The van der Waals surface area contributed by atoms with Crippen molar-refractivity contribution in [2.75, 3.05) is 6.54 Å². The monoisotopic (exact) mass is 210 g/mol. The highest BCUT2D eigenvalue weighted by atomic mass is 19.1. The van der Waals surface area contributed by atoms with Crippen LogP contribution in [0.4, 0.5) is 10.1 Å². The first kappa shape index (κ1) is 10.0. The molecule has 1 aromatic carbocycles. The summed E-state index contributed by atoms with van der Waals surface area (Å²) in [5.74, 6) is 0. The summed E-state index contributed by atoms with van der Waals surface area (Å²) in [6.07, 6.45) is -0.576. The van der Waals surface area contributed by atoms with E-state index in [0.717, 1.165) is 11.1 Å². The van der Waals surface area contributed by atoms with Gasteiger partial charge < -0.3 is 5.32 Å². The fraction of sp³-hybridized carbons (Fsp3) is 0.400. The van der Waals surface area contributed by atoms with Crippen molar-refractivity contribution in [3.8, 4) is 0 Å². The smallest absolute Gasteiger partial charge is 0.269 e. The second kappa shape index (κ2) is 3.94. The predicted molar refractivity (Wildman–Crippen MR) is 53.4 cm³/mol. The number of hydrogen-bond donors (Lipinski definition) is 1. The Hall–Kier alpha value is -1.49. The molecule has 1 aromatic rings. The molecule has 0 fully saturated rings. The van der Waals surface area contributed by atoms with Gasteiger partial charge in [-0.25, -0.2) is 4.39 Å². The number of non-ortho nitro benzene ring substituents is 1. The van der Waals surface area contributed by atoms with Gasteiger partial charge in [-0.15, -0.1) is 0 Å². The molecule has 15 heavy (non-hydrogen) atoms. The summed E-state index contributed by atoms with van der Waals surface area (Å²) in [6.45, 7) is 0.805. The lowest BCUT2D eigenvalue weighted by atomic mass is 10.0. The number of fused-ring (bicyclic) bond motifs is 1. The van der Waals surface area contributed by atoms with E-state index in [0.29, 0.717) is 19.5 Å². The molecule has 1 aliphatic rings. The standard InChI is InChI=1S/C10H11FN2O2/c11-9-3-7-1-2-10(13(14)15)4-8(7)5-12-6-9/h1-2,4,9,12H,3,5-6H2. The Bertz CT molecular complexity index is 395. The Labute approximate surface area is 86.3 Å². The molecule has 0 saturated heterocycles. The summed E-state index contributed by atoms with van der Waals surface area (Å²) in [7, 11) is 0. The molecule has 1 aliphatic heterocycles. The quantitative estimate of drug-likeness (QED) is 0.565. The first-order valence-corrected chi connectivity index (χ1v) is 4.78. The molecule has 0 saturated carbocycles. The molecule has 1 N–H and O–H groups in total. The molecule has 0 spiro atoms. The van der Waals surface area contributed by atoms with Gasteiger partial charge in [-0.1, -0.05) is 6.07 Å². The molecule has 0 radical (unpaired) electrons. The van der Waals surface area contributed by atoms with E-state index in [-0.39, 0.29) is 5.69 Å². The van der Waals surface area contributed by atoms with Crippen molar-refractivity contribution in [2.24, 2.45) is 0 Å². The maximum atomic E-state index is 13.2. The molecular formula is C10H11FN2O2. The number of hydrogen-bond acceptors (Lipinski definition) is 3. The van der Waals surface area contributed by atoms with Crippen LogP contribution >= 0.6 is 0 Å². The molecule has 0 aromatic heterocycles. The summed E-state index contributed by atoms with van der Waals surface area (Å²) in [6, 6.07) is 4.59. The topological polar surface area (TPSA) is 55.2 Å². The molecule has 4 nitrogen and oxygen atoms in total. The van der Waals surface area contributed by atoms with E-state index in [1.54, 1.807) is 6.07 Å². The SMILES string of the molecule is O=[N+]([O-])c1ccc2c(c1)CNCC(F)C2. The second-order valence-corrected chi connectivity index (χ2v) is 3.64. The number of rotatable bonds is 1. The maximum Gasteiger partial charge on any atom is 0.269 e. The fourth-order valence-corrected chi connectivity index (χ4v) is 1.76. The summed E-state index contributed by atoms with van der Waals surface area (Å²) >= 11 is 0. The number of nitro groups is 1. The van der Waals surface area contributed by atoms with Gasteiger partial charge in [0.2, 0.25) is 0 Å². The molecular weight excluding hydrogens is 199 g/mol. The summed E-state index contributed by atoms with van der Waals surface area (Å²) in [4.78, 5) is 10.1. The van der Waals surface area contributed by atoms with E-state index in [1.165, 1.54) is 12.1 Å². The van der Waals surface area contributed by atoms with Crippen molar-refractivity contribution in [3.63, 3.8) is 0 Å². The maximum absolute atomic E-state index is 13.2. The Morgan fingerprint density at radius 2 is 2.27 bits per heavy atom. The zero-order valence-electron chi connectivity index (χ0n) is 8.07. The average molecular weight is 210 g/mol. The largest absolute Gasteiger partial charge is 0.310 e. The predicted octanol–water partition coefficient (Wildman–Crippen LogP) is 1.58. The van der Waals surface area contributed by atoms with Gasteiger partial charge in [-0.3, -0.25) is 10.1 Å². The second-order valence-electron chi connectivity index (χ2n) is 3.64. The van der Waals surface area contributed by atoms with Crippen LogP contribution in [-0.4, -0.2) is 17.6 Å². The van der Waals surface area contributed by atoms with Gasteiger partial charge >= 0.3 is 0 Å².